The van der Waals surface area contributed by atoms with Gasteiger partial charge in [0.25, 0.3) is 17.7 Å². The number of amides is 3. The third-order valence-corrected chi connectivity index (χ3v) is 5.41. The molecule has 3 aromatic carbocycles. The third-order valence-electron chi connectivity index (χ3n) is 4.92. The van der Waals surface area contributed by atoms with Crippen LogP contribution in [0.5, 0.6) is 5.75 Å². The first-order chi connectivity index (χ1) is 14.9. The molecule has 0 saturated heterocycles. The van der Waals surface area contributed by atoms with Crippen molar-refractivity contribution in [2.75, 3.05) is 18.7 Å². The summed E-state index contributed by atoms with van der Waals surface area (Å²) >= 11 is 3.30. The Morgan fingerprint density at radius 3 is 2.42 bits per heavy atom. The highest BCUT2D eigenvalue weighted by molar-refractivity contribution is 9.10. The Morgan fingerprint density at radius 1 is 1.00 bits per heavy atom. The first-order valence-corrected chi connectivity index (χ1v) is 10.1. The van der Waals surface area contributed by atoms with Crippen LogP contribution in [0.1, 0.15) is 31.1 Å². The Balaban J connectivity index is 1.72. The number of carbonyl (C=O) groups excluding carboxylic acids is 3. The van der Waals surface area contributed by atoms with Gasteiger partial charge in [0.1, 0.15) is 18.2 Å². The topological polar surface area (TPSA) is 66.9 Å². The summed E-state index contributed by atoms with van der Waals surface area (Å²) < 4.78 is 19.3. The predicted octanol–water partition coefficient (Wildman–Crippen LogP) is 4.50. The minimum absolute atomic E-state index is 0.257. The number of fused-ring (bicyclic) bond motifs is 1. The second-order valence-corrected chi connectivity index (χ2v) is 7.73. The number of nitrogens with zero attached hydrogens (tertiary/aromatic N) is 2. The quantitative estimate of drug-likeness (QED) is 0.502. The zero-order valence-electron chi connectivity index (χ0n) is 16.3. The van der Waals surface area contributed by atoms with E-state index in [4.69, 9.17) is 4.74 Å². The minimum Gasteiger partial charge on any atom is -0.497 e. The number of anilines is 1. The lowest BCUT2D eigenvalue weighted by Gasteiger charge is -2.27. The van der Waals surface area contributed by atoms with Gasteiger partial charge < -0.3 is 4.74 Å². The largest absolute Gasteiger partial charge is 0.497 e. The monoisotopic (exact) mass is 482 g/mol. The highest BCUT2D eigenvalue weighted by Crippen LogP contribution is 2.28. The van der Waals surface area contributed by atoms with Crippen LogP contribution in [0.3, 0.4) is 0 Å². The van der Waals surface area contributed by atoms with E-state index < -0.39 is 23.5 Å². The van der Waals surface area contributed by atoms with E-state index in [-0.39, 0.29) is 17.8 Å². The van der Waals surface area contributed by atoms with Crippen LogP contribution in [0.25, 0.3) is 0 Å². The van der Waals surface area contributed by atoms with Gasteiger partial charge in [-0.1, -0.05) is 22.0 Å². The first-order valence-electron chi connectivity index (χ1n) is 9.26. The van der Waals surface area contributed by atoms with Crippen molar-refractivity contribution in [2.24, 2.45) is 0 Å². The maximum atomic E-state index is 13.5. The second-order valence-electron chi connectivity index (χ2n) is 6.81. The molecule has 0 bridgehead atoms. The van der Waals surface area contributed by atoms with E-state index in [9.17, 15) is 18.8 Å². The van der Waals surface area contributed by atoms with Crippen molar-refractivity contribution in [3.8, 4) is 5.75 Å². The van der Waals surface area contributed by atoms with E-state index >= 15 is 0 Å². The van der Waals surface area contributed by atoms with Crippen LogP contribution in [0.2, 0.25) is 0 Å². The Morgan fingerprint density at radius 2 is 1.71 bits per heavy atom. The average molecular weight is 483 g/mol. The number of hydrogen-bond acceptors (Lipinski definition) is 4. The molecule has 3 aromatic rings. The van der Waals surface area contributed by atoms with Crippen LogP contribution in [0.15, 0.2) is 71.2 Å². The fraction of sp³-hybridized carbons (Fsp3) is 0.0870. The van der Waals surface area contributed by atoms with Gasteiger partial charge in [0.05, 0.1) is 18.2 Å². The summed E-state index contributed by atoms with van der Waals surface area (Å²) in [6.07, 6.45) is 0. The highest BCUT2D eigenvalue weighted by Gasteiger charge is 2.37. The molecule has 31 heavy (non-hydrogen) atoms. The molecule has 1 heterocycles. The summed E-state index contributed by atoms with van der Waals surface area (Å²) in [5, 5.41) is 0. The van der Waals surface area contributed by atoms with Gasteiger partial charge in [-0.25, -0.2) is 4.39 Å². The standard InChI is InChI=1S/C23H16BrFN2O4/c1-31-18-4-2-3-14(11-18)21(28)26(17-8-6-16(25)7-9-17)13-27-22(29)19-10-5-15(24)12-20(19)23(27)30/h2-12H,13H2,1H3. The van der Waals surface area contributed by atoms with Crippen molar-refractivity contribution in [2.45, 2.75) is 0 Å². The van der Waals surface area contributed by atoms with Gasteiger partial charge in [-0.15, -0.1) is 0 Å². The number of carbonyl (C=O) groups is 3. The molecule has 0 atom stereocenters. The highest BCUT2D eigenvalue weighted by atomic mass is 79.9. The van der Waals surface area contributed by atoms with Gasteiger partial charge in [0.2, 0.25) is 0 Å². The Bertz CT molecular complexity index is 1200. The summed E-state index contributed by atoms with van der Waals surface area (Å²) in [7, 11) is 1.48. The smallest absolute Gasteiger partial charge is 0.263 e. The van der Waals surface area contributed by atoms with E-state index in [0.29, 0.717) is 21.5 Å². The van der Waals surface area contributed by atoms with Crippen LogP contribution >= 0.6 is 15.9 Å². The number of methoxy groups -OCH3 is 1. The molecule has 0 unspecified atom stereocenters. The molecule has 6 nitrogen and oxygen atoms in total. The minimum atomic E-state index is -0.508. The first kappa shape index (κ1) is 20.7. The fourth-order valence-corrected chi connectivity index (χ4v) is 3.69. The lowest BCUT2D eigenvalue weighted by molar-refractivity contribution is 0.0650. The molecular formula is C23H16BrFN2O4. The van der Waals surface area contributed by atoms with Crippen LogP contribution < -0.4 is 9.64 Å². The molecule has 156 valence electrons. The number of halogens is 2. The Hall–Kier alpha value is -3.52. The summed E-state index contributed by atoms with van der Waals surface area (Å²) in [6.45, 7) is -0.328. The van der Waals surface area contributed by atoms with Gasteiger partial charge in [-0.05, 0) is 60.7 Å². The predicted molar refractivity (Wildman–Crippen MR) is 116 cm³/mol. The zero-order valence-corrected chi connectivity index (χ0v) is 17.9. The van der Waals surface area contributed by atoms with E-state index in [1.807, 2.05) is 0 Å². The molecule has 0 fully saturated rings. The van der Waals surface area contributed by atoms with Gasteiger partial charge in [0, 0.05) is 15.7 Å². The number of hydrogen-bond donors (Lipinski definition) is 0. The summed E-state index contributed by atoms with van der Waals surface area (Å²) in [4.78, 5) is 41.4. The SMILES string of the molecule is COc1cccc(C(=O)N(CN2C(=O)c3ccc(Br)cc3C2=O)c2ccc(F)cc2)c1. The van der Waals surface area contributed by atoms with Crippen LogP contribution in [-0.4, -0.2) is 36.4 Å². The van der Waals surface area contributed by atoms with E-state index in [2.05, 4.69) is 15.9 Å². The molecule has 0 spiro atoms. The van der Waals surface area contributed by atoms with Gasteiger partial charge in [-0.2, -0.15) is 0 Å². The molecule has 0 aromatic heterocycles. The molecular weight excluding hydrogens is 467 g/mol. The van der Waals surface area contributed by atoms with Crippen LogP contribution in [0, 0.1) is 5.82 Å². The summed E-state index contributed by atoms with van der Waals surface area (Å²) in [5.41, 5.74) is 1.16. The van der Waals surface area contributed by atoms with Crippen molar-refractivity contribution in [1.82, 2.24) is 4.90 Å². The summed E-state index contributed by atoms with van der Waals surface area (Å²) in [6, 6.07) is 16.6. The normalized spacial score (nSPS) is 12.7. The van der Waals surface area contributed by atoms with Crippen molar-refractivity contribution in [3.63, 3.8) is 0 Å². The van der Waals surface area contributed by atoms with E-state index in [0.717, 1.165) is 4.90 Å². The maximum Gasteiger partial charge on any atom is 0.263 e. The number of ether oxygens (including phenoxy) is 1. The lowest BCUT2D eigenvalue weighted by Crippen LogP contribution is -2.44. The zero-order chi connectivity index (χ0) is 22.1. The lowest BCUT2D eigenvalue weighted by atomic mass is 10.1. The van der Waals surface area contributed by atoms with Gasteiger partial charge >= 0.3 is 0 Å². The second kappa shape index (κ2) is 8.31. The molecule has 0 saturated carbocycles. The number of benzene rings is 3. The van der Waals surface area contributed by atoms with Gasteiger partial charge in [-0.3, -0.25) is 24.2 Å². The Labute approximate surface area is 186 Å². The van der Waals surface area contributed by atoms with Gasteiger partial charge in [0.15, 0.2) is 0 Å². The van der Waals surface area contributed by atoms with E-state index in [1.165, 1.54) is 36.3 Å². The molecule has 0 aliphatic carbocycles. The van der Waals surface area contributed by atoms with Crippen LogP contribution in [0.4, 0.5) is 10.1 Å². The molecule has 0 N–H and O–H groups in total. The fourth-order valence-electron chi connectivity index (χ4n) is 3.33. The number of rotatable bonds is 5. The van der Waals surface area contributed by atoms with E-state index in [1.54, 1.807) is 42.5 Å². The number of imide groups is 1. The molecule has 0 radical (unpaired) electrons. The molecule has 8 heteroatoms. The third kappa shape index (κ3) is 3.94. The molecule has 1 aliphatic rings. The molecule has 1 aliphatic heterocycles. The molecule has 3 amide bonds. The summed E-state index contributed by atoms with van der Waals surface area (Å²) in [5.74, 6) is -1.47. The van der Waals surface area contributed by atoms with Crippen molar-refractivity contribution < 1.29 is 23.5 Å². The van der Waals surface area contributed by atoms with Crippen molar-refractivity contribution in [1.29, 1.82) is 0 Å². The van der Waals surface area contributed by atoms with Crippen molar-refractivity contribution in [3.05, 3.63) is 93.7 Å². The average Bonchev–Trinajstić information content (AvgIpc) is 3.01. The van der Waals surface area contributed by atoms with Crippen molar-refractivity contribution >= 4 is 39.3 Å². The van der Waals surface area contributed by atoms with Crippen LogP contribution in [-0.2, 0) is 0 Å². The Kier molecular flexibility index (Phi) is 5.56. The maximum absolute atomic E-state index is 13.5. The molecule has 4 rings (SSSR count).